The van der Waals surface area contributed by atoms with Crippen LogP contribution in [0.1, 0.15) is 24.2 Å². The summed E-state index contributed by atoms with van der Waals surface area (Å²) in [6.45, 7) is 4.75. The molecular weight excluding hydrogens is 314 g/mol. The Balaban J connectivity index is 1.58. The average molecular weight is 339 g/mol. The van der Waals surface area contributed by atoms with Gasteiger partial charge in [0.1, 0.15) is 6.04 Å². The number of aryl methyl sites for hydroxylation is 1. The number of amides is 1. The molecule has 5 heteroatoms. The van der Waals surface area contributed by atoms with Gasteiger partial charge in [-0.15, -0.1) is 0 Å². The molecule has 0 saturated carbocycles. The van der Waals surface area contributed by atoms with Gasteiger partial charge in [-0.05, 0) is 37.1 Å². The molecule has 132 valence electrons. The Hall–Kier alpha value is -2.27. The first-order valence-corrected chi connectivity index (χ1v) is 9.01. The van der Waals surface area contributed by atoms with E-state index in [0.29, 0.717) is 19.8 Å². The van der Waals surface area contributed by atoms with Gasteiger partial charge in [-0.1, -0.05) is 18.2 Å². The number of anilines is 1. The van der Waals surface area contributed by atoms with E-state index in [1.54, 1.807) is 0 Å². The van der Waals surface area contributed by atoms with E-state index >= 15 is 0 Å². The molecule has 0 bridgehead atoms. The third kappa shape index (κ3) is 2.82. The minimum Gasteiger partial charge on any atom is -0.377 e. The zero-order valence-electron chi connectivity index (χ0n) is 14.9. The molecule has 2 aliphatic heterocycles. The number of carbonyl (C=O) groups is 1. The Kier molecular flexibility index (Phi) is 4.25. The summed E-state index contributed by atoms with van der Waals surface area (Å²) < 4.78 is 7.76. The molecule has 0 unspecified atom stereocenters. The molecule has 1 aromatic heterocycles. The number of fused-ring (bicyclic) bond motifs is 1. The molecule has 1 fully saturated rings. The van der Waals surface area contributed by atoms with Crippen molar-refractivity contribution in [3.8, 4) is 0 Å². The quantitative estimate of drug-likeness (QED) is 0.862. The van der Waals surface area contributed by atoms with E-state index in [1.165, 1.54) is 11.3 Å². The van der Waals surface area contributed by atoms with Gasteiger partial charge < -0.3 is 19.1 Å². The van der Waals surface area contributed by atoms with Gasteiger partial charge >= 0.3 is 0 Å². The smallest absolute Gasteiger partial charge is 0.245 e. The van der Waals surface area contributed by atoms with Gasteiger partial charge in [0.05, 0.1) is 19.3 Å². The second-order valence-corrected chi connectivity index (χ2v) is 6.91. The number of rotatable bonds is 3. The maximum absolute atomic E-state index is 13.3. The molecule has 0 N–H and O–H groups in total. The average Bonchev–Trinajstić information content (AvgIpc) is 3.26. The van der Waals surface area contributed by atoms with Crippen LogP contribution in [0.3, 0.4) is 0 Å². The van der Waals surface area contributed by atoms with E-state index in [9.17, 15) is 4.79 Å². The van der Waals surface area contributed by atoms with Crippen molar-refractivity contribution < 1.29 is 9.53 Å². The monoisotopic (exact) mass is 339 g/mol. The van der Waals surface area contributed by atoms with Gasteiger partial charge in [-0.3, -0.25) is 4.79 Å². The largest absolute Gasteiger partial charge is 0.377 e. The van der Waals surface area contributed by atoms with Crippen molar-refractivity contribution in [1.82, 2.24) is 9.47 Å². The number of para-hydroxylation sites is 1. The lowest BCUT2D eigenvalue weighted by Crippen LogP contribution is -2.52. The predicted octanol–water partition coefficient (Wildman–Crippen LogP) is 2.38. The fourth-order valence-corrected chi connectivity index (χ4v) is 4.07. The van der Waals surface area contributed by atoms with Crippen molar-refractivity contribution >= 4 is 11.6 Å². The van der Waals surface area contributed by atoms with E-state index in [4.69, 9.17) is 4.74 Å². The number of ether oxygens (including phenoxy) is 1. The Labute approximate surface area is 148 Å². The predicted molar refractivity (Wildman–Crippen MR) is 97.6 cm³/mol. The van der Waals surface area contributed by atoms with Gasteiger partial charge in [-0.25, -0.2) is 0 Å². The number of aromatic nitrogens is 1. The summed E-state index contributed by atoms with van der Waals surface area (Å²) >= 11 is 0. The second kappa shape index (κ2) is 6.56. The summed E-state index contributed by atoms with van der Waals surface area (Å²) in [4.78, 5) is 17.6. The molecule has 1 amide bonds. The van der Waals surface area contributed by atoms with Crippen molar-refractivity contribution in [3.63, 3.8) is 0 Å². The lowest BCUT2D eigenvalue weighted by molar-refractivity contribution is -0.141. The van der Waals surface area contributed by atoms with Gasteiger partial charge in [0, 0.05) is 37.7 Å². The second-order valence-electron chi connectivity index (χ2n) is 6.91. The molecule has 0 radical (unpaired) electrons. The number of hydrogen-bond acceptors (Lipinski definition) is 3. The molecule has 25 heavy (non-hydrogen) atoms. The highest BCUT2D eigenvalue weighted by molar-refractivity contribution is 5.86. The first-order valence-electron chi connectivity index (χ1n) is 9.01. The Morgan fingerprint density at radius 2 is 2.04 bits per heavy atom. The van der Waals surface area contributed by atoms with Crippen LogP contribution in [0.5, 0.6) is 0 Å². The van der Waals surface area contributed by atoms with E-state index in [2.05, 4.69) is 39.8 Å². The summed E-state index contributed by atoms with van der Waals surface area (Å²) in [6, 6.07) is 12.3. The molecular formula is C20H25N3O2. The highest BCUT2D eigenvalue weighted by Crippen LogP contribution is 2.31. The van der Waals surface area contributed by atoms with E-state index in [1.807, 2.05) is 31.1 Å². The number of carbonyl (C=O) groups excluding carboxylic acids is 1. The van der Waals surface area contributed by atoms with Crippen LogP contribution in [0, 0.1) is 0 Å². The van der Waals surface area contributed by atoms with Crippen LogP contribution in [0.15, 0.2) is 42.6 Å². The normalized spacial score (nSPS) is 21.3. The zero-order valence-corrected chi connectivity index (χ0v) is 14.9. The van der Waals surface area contributed by atoms with Crippen LogP contribution in [-0.4, -0.2) is 47.7 Å². The Bertz CT molecular complexity index is 770. The maximum Gasteiger partial charge on any atom is 0.245 e. The number of nitrogens with zero attached hydrogens (tertiary/aromatic N) is 3. The SMILES string of the molecule is C[C@@H](C(=O)N1CCOC[C@@H]1c1cccn1C)N1CCc2ccccc21. The van der Waals surface area contributed by atoms with Gasteiger partial charge in [0.25, 0.3) is 0 Å². The van der Waals surface area contributed by atoms with Crippen LogP contribution in [0.2, 0.25) is 0 Å². The molecule has 2 atom stereocenters. The summed E-state index contributed by atoms with van der Waals surface area (Å²) in [7, 11) is 2.02. The Morgan fingerprint density at radius 3 is 2.84 bits per heavy atom. The van der Waals surface area contributed by atoms with E-state index < -0.39 is 0 Å². The lowest BCUT2D eigenvalue weighted by Gasteiger charge is -2.39. The molecule has 1 saturated heterocycles. The molecule has 0 aliphatic carbocycles. The van der Waals surface area contributed by atoms with Crippen molar-refractivity contribution in [1.29, 1.82) is 0 Å². The van der Waals surface area contributed by atoms with Crippen LogP contribution >= 0.6 is 0 Å². The topological polar surface area (TPSA) is 37.7 Å². The molecule has 0 spiro atoms. The first-order chi connectivity index (χ1) is 12.2. The highest BCUT2D eigenvalue weighted by atomic mass is 16.5. The van der Waals surface area contributed by atoms with Gasteiger partial charge in [0.15, 0.2) is 0 Å². The summed E-state index contributed by atoms with van der Waals surface area (Å²) in [5.74, 6) is 0.186. The zero-order chi connectivity index (χ0) is 17.4. The van der Waals surface area contributed by atoms with Crippen LogP contribution in [0.25, 0.3) is 0 Å². The fraction of sp³-hybridized carbons (Fsp3) is 0.450. The molecule has 1 aromatic carbocycles. The van der Waals surface area contributed by atoms with Crippen LogP contribution < -0.4 is 4.90 Å². The molecule has 2 aliphatic rings. The van der Waals surface area contributed by atoms with Crippen LogP contribution in [-0.2, 0) is 23.0 Å². The number of morpholine rings is 1. The van der Waals surface area contributed by atoms with Crippen molar-refractivity contribution in [3.05, 3.63) is 53.9 Å². The maximum atomic E-state index is 13.3. The molecule has 3 heterocycles. The van der Waals surface area contributed by atoms with E-state index in [-0.39, 0.29) is 18.0 Å². The third-order valence-electron chi connectivity index (χ3n) is 5.48. The summed E-state index contributed by atoms with van der Waals surface area (Å²) in [6.07, 6.45) is 3.03. The molecule has 4 rings (SSSR count). The fourth-order valence-electron chi connectivity index (χ4n) is 4.07. The van der Waals surface area contributed by atoms with Crippen molar-refractivity contribution in [2.75, 3.05) is 31.2 Å². The van der Waals surface area contributed by atoms with Crippen LogP contribution in [0.4, 0.5) is 5.69 Å². The Morgan fingerprint density at radius 1 is 1.20 bits per heavy atom. The van der Waals surface area contributed by atoms with Gasteiger partial charge in [0.2, 0.25) is 5.91 Å². The summed E-state index contributed by atoms with van der Waals surface area (Å²) in [5.41, 5.74) is 3.66. The minimum atomic E-state index is -0.162. The molecule has 5 nitrogen and oxygen atoms in total. The van der Waals surface area contributed by atoms with Crippen molar-refractivity contribution in [2.45, 2.75) is 25.4 Å². The lowest BCUT2D eigenvalue weighted by atomic mass is 10.1. The number of benzene rings is 1. The van der Waals surface area contributed by atoms with Gasteiger partial charge in [-0.2, -0.15) is 0 Å². The summed E-state index contributed by atoms with van der Waals surface area (Å²) in [5, 5.41) is 0. The standard InChI is InChI=1S/C20H25N3O2/c1-15(22-11-9-16-6-3-4-7-17(16)22)20(24)23-12-13-25-14-19(23)18-8-5-10-21(18)2/h3-8,10,15,19H,9,11-14H2,1-2H3/t15-,19+/m0/s1. The first kappa shape index (κ1) is 16.2. The van der Waals surface area contributed by atoms with E-state index in [0.717, 1.165) is 18.7 Å². The molecule has 2 aromatic rings. The van der Waals surface area contributed by atoms with Crippen molar-refractivity contribution in [2.24, 2.45) is 7.05 Å². The number of hydrogen-bond donors (Lipinski definition) is 0. The third-order valence-corrected chi connectivity index (χ3v) is 5.48. The highest BCUT2D eigenvalue weighted by Gasteiger charge is 2.36. The minimum absolute atomic E-state index is 0.0125.